The van der Waals surface area contributed by atoms with Crippen LogP contribution in [0, 0.1) is 0 Å². The number of rotatable bonds is 6. The van der Waals surface area contributed by atoms with Gasteiger partial charge < -0.3 is 14.4 Å². The summed E-state index contributed by atoms with van der Waals surface area (Å²) >= 11 is 1.52. The molecule has 0 aliphatic carbocycles. The van der Waals surface area contributed by atoms with E-state index in [2.05, 4.69) is 0 Å². The Labute approximate surface area is 112 Å². The summed E-state index contributed by atoms with van der Waals surface area (Å²) < 4.78 is 10.4. The van der Waals surface area contributed by atoms with Crippen LogP contribution in [0.15, 0.2) is 18.2 Å². The number of carbonyl (C=O) groups excluding carboxylic acids is 1. The molecule has 0 unspecified atom stereocenters. The molecule has 1 amide bonds. The second kappa shape index (κ2) is 7.16. The van der Waals surface area contributed by atoms with Crippen molar-refractivity contribution in [2.75, 3.05) is 33.3 Å². The molecule has 100 valence electrons. The SMILES string of the molecule is COc1ccc(CN(C)C(=O)CSC)c(OC)c1. The lowest BCUT2D eigenvalue weighted by Crippen LogP contribution is -2.27. The number of nitrogens with zero attached hydrogens (tertiary/aromatic N) is 1. The van der Waals surface area contributed by atoms with Gasteiger partial charge in [-0.25, -0.2) is 0 Å². The van der Waals surface area contributed by atoms with Gasteiger partial charge in [0, 0.05) is 25.2 Å². The third kappa shape index (κ3) is 3.84. The van der Waals surface area contributed by atoms with Gasteiger partial charge in [0.25, 0.3) is 0 Å². The van der Waals surface area contributed by atoms with Crippen molar-refractivity contribution in [2.24, 2.45) is 0 Å². The minimum Gasteiger partial charge on any atom is -0.497 e. The van der Waals surface area contributed by atoms with Gasteiger partial charge in [-0.3, -0.25) is 4.79 Å². The van der Waals surface area contributed by atoms with Crippen LogP contribution in [0.3, 0.4) is 0 Å². The summed E-state index contributed by atoms with van der Waals surface area (Å²) in [6.45, 7) is 0.534. The van der Waals surface area contributed by atoms with Crippen molar-refractivity contribution < 1.29 is 14.3 Å². The Bertz CT molecular complexity index is 409. The number of benzene rings is 1. The van der Waals surface area contributed by atoms with Crippen molar-refractivity contribution in [3.63, 3.8) is 0 Å². The number of hydrogen-bond acceptors (Lipinski definition) is 4. The third-order valence-electron chi connectivity index (χ3n) is 2.60. The molecule has 0 aromatic heterocycles. The first-order valence-corrected chi connectivity index (χ1v) is 6.95. The van der Waals surface area contributed by atoms with Crippen LogP contribution < -0.4 is 9.47 Å². The molecule has 1 aromatic carbocycles. The number of thioether (sulfide) groups is 1. The zero-order valence-electron chi connectivity index (χ0n) is 11.2. The molecule has 1 aromatic rings. The molecule has 5 heteroatoms. The van der Waals surface area contributed by atoms with E-state index in [4.69, 9.17) is 9.47 Å². The first-order valence-electron chi connectivity index (χ1n) is 5.56. The summed E-state index contributed by atoms with van der Waals surface area (Å²) in [5.74, 6) is 2.09. The predicted octanol–water partition coefficient (Wildman–Crippen LogP) is 2.03. The molecule has 0 fully saturated rings. The van der Waals surface area contributed by atoms with Crippen LogP contribution in [0.1, 0.15) is 5.56 Å². The average Bonchev–Trinajstić information content (AvgIpc) is 2.39. The lowest BCUT2D eigenvalue weighted by atomic mass is 10.2. The maximum atomic E-state index is 11.7. The summed E-state index contributed by atoms with van der Waals surface area (Å²) in [6.07, 6.45) is 1.92. The molecule has 18 heavy (non-hydrogen) atoms. The first-order chi connectivity index (χ1) is 8.62. The van der Waals surface area contributed by atoms with Crippen molar-refractivity contribution in [1.29, 1.82) is 0 Å². The zero-order valence-corrected chi connectivity index (χ0v) is 12.0. The van der Waals surface area contributed by atoms with E-state index >= 15 is 0 Å². The van der Waals surface area contributed by atoms with E-state index in [0.717, 1.165) is 17.1 Å². The molecule has 0 aliphatic heterocycles. The molecule has 0 spiro atoms. The fourth-order valence-electron chi connectivity index (χ4n) is 1.56. The lowest BCUT2D eigenvalue weighted by Gasteiger charge is -2.18. The number of amides is 1. The van der Waals surface area contributed by atoms with E-state index in [0.29, 0.717) is 12.3 Å². The Hall–Kier alpha value is -1.36. The molecule has 4 nitrogen and oxygen atoms in total. The molecule has 0 aliphatic rings. The Balaban J connectivity index is 2.80. The van der Waals surface area contributed by atoms with E-state index in [1.54, 1.807) is 26.2 Å². The smallest absolute Gasteiger partial charge is 0.232 e. The van der Waals surface area contributed by atoms with E-state index in [1.807, 2.05) is 24.5 Å². The fraction of sp³-hybridized carbons (Fsp3) is 0.462. The van der Waals surface area contributed by atoms with Gasteiger partial charge in [-0.15, -0.1) is 0 Å². The summed E-state index contributed by atoms with van der Waals surface area (Å²) in [5.41, 5.74) is 0.968. The van der Waals surface area contributed by atoms with E-state index < -0.39 is 0 Å². The molecular weight excluding hydrogens is 250 g/mol. The Morgan fingerprint density at radius 2 is 2.06 bits per heavy atom. The largest absolute Gasteiger partial charge is 0.497 e. The van der Waals surface area contributed by atoms with Crippen LogP contribution in [0.2, 0.25) is 0 Å². The van der Waals surface area contributed by atoms with E-state index in [-0.39, 0.29) is 5.91 Å². The standard InChI is InChI=1S/C13H19NO3S/c1-14(13(15)9-18-4)8-10-5-6-11(16-2)7-12(10)17-3/h5-7H,8-9H2,1-4H3. The van der Waals surface area contributed by atoms with Crippen molar-refractivity contribution >= 4 is 17.7 Å². The summed E-state index contributed by atoms with van der Waals surface area (Å²) in [6, 6.07) is 5.60. The molecule has 0 N–H and O–H groups in total. The second-order valence-electron chi connectivity index (χ2n) is 3.86. The Kier molecular flexibility index (Phi) is 5.85. The van der Waals surface area contributed by atoms with Crippen LogP contribution in [0.25, 0.3) is 0 Å². The van der Waals surface area contributed by atoms with Gasteiger partial charge in [0.15, 0.2) is 0 Å². The zero-order chi connectivity index (χ0) is 13.5. The number of methoxy groups -OCH3 is 2. The monoisotopic (exact) mass is 269 g/mol. The van der Waals surface area contributed by atoms with Crippen LogP contribution in [-0.2, 0) is 11.3 Å². The predicted molar refractivity (Wildman–Crippen MR) is 74.4 cm³/mol. The van der Waals surface area contributed by atoms with Gasteiger partial charge in [-0.05, 0) is 18.4 Å². The molecule has 0 bridgehead atoms. The van der Waals surface area contributed by atoms with Gasteiger partial charge in [0.05, 0.1) is 20.0 Å². The van der Waals surface area contributed by atoms with Crippen molar-refractivity contribution in [3.8, 4) is 11.5 Å². The van der Waals surface area contributed by atoms with Gasteiger partial charge in [-0.2, -0.15) is 11.8 Å². The highest BCUT2D eigenvalue weighted by Crippen LogP contribution is 2.25. The average molecular weight is 269 g/mol. The van der Waals surface area contributed by atoms with Gasteiger partial charge in [0.1, 0.15) is 11.5 Å². The molecular formula is C13H19NO3S. The van der Waals surface area contributed by atoms with Crippen LogP contribution in [0.4, 0.5) is 0 Å². The van der Waals surface area contributed by atoms with Gasteiger partial charge >= 0.3 is 0 Å². The normalized spacial score (nSPS) is 10.0. The molecule has 0 atom stereocenters. The van der Waals surface area contributed by atoms with Crippen molar-refractivity contribution in [2.45, 2.75) is 6.54 Å². The number of ether oxygens (including phenoxy) is 2. The van der Waals surface area contributed by atoms with Gasteiger partial charge in [-0.1, -0.05) is 0 Å². The molecule has 0 saturated carbocycles. The minimum atomic E-state index is 0.111. The maximum absolute atomic E-state index is 11.7. The maximum Gasteiger partial charge on any atom is 0.232 e. The lowest BCUT2D eigenvalue weighted by molar-refractivity contribution is -0.127. The quantitative estimate of drug-likeness (QED) is 0.792. The van der Waals surface area contributed by atoms with Crippen molar-refractivity contribution in [3.05, 3.63) is 23.8 Å². The first kappa shape index (κ1) is 14.7. The van der Waals surface area contributed by atoms with E-state index in [1.165, 1.54) is 11.8 Å². The topological polar surface area (TPSA) is 38.8 Å². The summed E-state index contributed by atoms with van der Waals surface area (Å²) in [5, 5.41) is 0. The highest BCUT2D eigenvalue weighted by molar-refractivity contribution is 7.99. The van der Waals surface area contributed by atoms with Crippen LogP contribution in [-0.4, -0.2) is 44.1 Å². The summed E-state index contributed by atoms with van der Waals surface area (Å²) in [7, 11) is 5.02. The Morgan fingerprint density at radius 1 is 1.33 bits per heavy atom. The number of hydrogen-bond donors (Lipinski definition) is 0. The minimum absolute atomic E-state index is 0.111. The molecule has 0 radical (unpaired) electrons. The fourth-order valence-corrected chi connectivity index (χ4v) is 2.03. The van der Waals surface area contributed by atoms with Crippen LogP contribution >= 0.6 is 11.8 Å². The third-order valence-corrected chi connectivity index (χ3v) is 3.13. The van der Waals surface area contributed by atoms with Crippen molar-refractivity contribution in [1.82, 2.24) is 4.90 Å². The molecule has 0 saturated heterocycles. The highest BCUT2D eigenvalue weighted by atomic mass is 32.2. The second-order valence-corrected chi connectivity index (χ2v) is 4.73. The van der Waals surface area contributed by atoms with Crippen LogP contribution in [0.5, 0.6) is 11.5 Å². The van der Waals surface area contributed by atoms with Gasteiger partial charge in [0.2, 0.25) is 5.91 Å². The molecule has 0 heterocycles. The Morgan fingerprint density at radius 3 is 2.61 bits per heavy atom. The summed E-state index contributed by atoms with van der Waals surface area (Å²) in [4.78, 5) is 13.4. The van der Waals surface area contributed by atoms with E-state index in [9.17, 15) is 4.79 Å². The number of carbonyl (C=O) groups is 1. The molecule has 1 rings (SSSR count). The highest BCUT2D eigenvalue weighted by Gasteiger charge is 2.12.